The van der Waals surface area contributed by atoms with Gasteiger partial charge in [0.25, 0.3) is 5.91 Å². The zero-order chi connectivity index (χ0) is 13.8. The van der Waals surface area contributed by atoms with E-state index in [1.807, 2.05) is 13.8 Å². The predicted octanol–water partition coefficient (Wildman–Crippen LogP) is 0.950. The molecular formula is C12H17N3O2S. The van der Waals surface area contributed by atoms with Crippen LogP contribution in [0.25, 0.3) is 0 Å². The summed E-state index contributed by atoms with van der Waals surface area (Å²) in [6, 6.07) is 1.30. The lowest BCUT2D eigenvalue weighted by Crippen LogP contribution is -2.56. The van der Waals surface area contributed by atoms with Gasteiger partial charge in [-0.05, 0) is 12.8 Å². The van der Waals surface area contributed by atoms with Gasteiger partial charge >= 0.3 is 0 Å². The highest BCUT2D eigenvalue weighted by Gasteiger charge is 2.32. The summed E-state index contributed by atoms with van der Waals surface area (Å²) in [5.41, 5.74) is 4.66. The molecule has 98 valence electrons. The van der Waals surface area contributed by atoms with Crippen molar-refractivity contribution in [3.05, 3.63) is 34.2 Å². The molecule has 0 fully saturated rings. The molecule has 0 aliphatic heterocycles. The summed E-state index contributed by atoms with van der Waals surface area (Å²) in [5, 5.41) is 2.76. The molecule has 1 amide bonds. The van der Waals surface area contributed by atoms with Gasteiger partial charge in [0.1, 0.15) is 5.56 Å². The number of nitrogens with one attached hydrogen (secondary N) is 2. The number of pyridine rings is 1. The van der Waals surface area contributed by atoms with Crippen LogP contribution in [0.2, 0.25) is 0 Å². The second-order valence-corrected chi connectivity index (χ2v) is 4.47. The van der Waals surface area contributed by atoms with E-state index >= 15 is 0 Å². The van der Waals surface area contributed by atoms with E-state index in [0.29, 0.717) is 12.8 Å². The highest BCUT2D eigenvalue weighted by molar-refractivity contribution is 7.80. The van der Waals surface area contributed by atoms with Crippen LogP contribution in [0.5, 0.6) is 0 Å². The molecule has 1 rings (SSSR count). The SMILES string of the molecule is CCC(CC)(NC(=O)c1c[nH]ccc1=O)C(N)=S. The number of thiocarbonyl (C=S) groups is 1. The Balaban J connectivity index is 3.03. The van der Waals surface area contributed by atoms with E-state index in [1.54, 1.807) is 0 Å². The number of hydrogen-bond acceptors (Lipinski definition) is 3. The lowest BCUT2D eigenvalue weighted by molar-refractivity contribution is 0.0918. The van der Waals surface area contributed by atoms with Crippen LogP contribution in [0.4, 0.5) is 0 Å². The molecule has 0 unspecified atom stereocenters. The second kappa shape index (κ2) is 5.77. The van der Waals surface area contributed by atoms with Crippen molar-refractivity contribution >= 4 is 23.1 Å². The summed E-state index contributed by atoms with van der Waals surface area (Å²) in [4.78, 5) is 26.5. The number of aromatic nitrogens is 1. The molecule has 0 bridgehead atoms. The molecule has 0 aliphatic rings. The van der Waals surface area contributed by atoms with Crippen molar-refractivity contribution in [2.75, 3.05) is 0 Å². The number of amides is 1. The predicted molar refractivity (Wildman–Crippen MR) is 74.6 cm³/mol. The fraction of sp³-hybridized carbons (Fsp3) is 0.417. The molecule has 0 radical (unpaired) electrons. The smallest absolute Gasteiger partial charge is 0.257 e. The Bertz CT molecular complexity index is 506. The lowest BCUT2D eigenvalue weighted by Gasteiger charge is -2.31. The molecular weight excluding hydrogens is 250 g/mol. The zero-order valence-electron chi connectivity index (χ0n) is 10.4. The molecule has 1 aromatic rings. The molecule has 6 heteroatoms. The number of hydrogen-bond donors (Lipinski definition) is 3. The van der Waals surface area contributed by atoms with Crippen molar-refractivity contribution in [1.82, 2.24) is 10.3 Å². The molecule has 0 atom stereocenters. The van der Waals surface area contributed by atoms with Crippen LogP contribution < -0.4 is 16.5 Å². The maximum absolute atomic E-state index is 12.1. The molecule has 18 heavy (non-hydrogen) atoms. The molecule has 0 aliphatic carbocycles. The van der Waals surface area contributed by atoms with E-state index in [9.17, 15) is 9.59 Å². The molecule has 0 saturated heterocycles. The van der Waals surface area contributed by atoms with E-state index in [0.717, 1.165) is 0 Å². The van der Waals surface area contributed by atoms with Crippen molar-refractivity contribution < 1.29 is 4.79 Å². The third kappa shape index (κ3) is 2.76. The van der Waals surface area contributed by atoms with Gasteiger partial charge in [-0.15, -0.1) is 0 Å². The number of aromatic amines is 1. The zero-order valence-corrected chi connectivity index (χ0v) is 11.3. The standard InChI is InChI=1S/C12H17N3O2S/c1-3-12(4-2,11(13)18)15-10(17)8-7-14-6-5-9(8)16/h5-7H,3-4H2,1-2H3,(H2,13,18)(H,14,16)(H,15,17). The maximum Gasteiger partial charge on any atom is 0.257 e. The molecule has 1 heterocycles. The van der Waals surface area contributed by atoms with E-state index < -0.39 is 11.4 Å². The molecule has 1 aromatic heterocycles. The van der Waals surface area contributed by atoms with E-state index in [-0.39, 0.29) is 16.0 Å². The number of nitrogens with two attached hydrogens (primary N) is 1. The minimum Gasteiger partial charge on any atom is -0.391 e. The normalized spacial score (nSPS) is 11.0. The quantitative estimate of drug-likeness (QED) is 0.693. The molecule has 4 N–H and O–H groups in total. The van der Waals surface area contributed by atoms with Gasteiger partial charge in [0.15, 0.2) is 5.43 Å². The summed E-state index contributed by atoms with van der Waals surface area (Å²) >= 11 is 5.01. The number of rotatable bonds is 5. The average Bonchev–Trinajstić information content (AvgIpc) is 2.36. The highest BCUT2D eigenvalue weighted by Crippen LogP contribution is 2.16. The van der Waals surface area contributed by atoms with Crippen molar-refractivity contribution in [3.8, 4) is 0 Å². The fourth-order valence-electron chi connectivity index (χ4n) is 1.72. The van der Waals surface area contributed by atoms with E-state index in [2.05, 4.69) is 10.3 Å². The van der Waals surface area contributed by atoms with Gasteiger partial charge in [-0.1, -0.05) is 26.1 Å². The first-order chi connectivity index (χ1) is 8.46. The Labute approximate surface area is 111 Å². The summed E-state index contributed by atoms with van der Waals surface area (Å²) < 4.78 is 0. The van der Waals surface area contributed by atoms with Gasteiger partial charge in [-0.2, -0.15) is 0 Å². The second-order valence-electron chi connectivity index (χ2n) is 4.03. The Kier molecular flexibility index (Phi) is 4.61. The highest BCUT2D eigenvalue weighted by atomic mass is 32.1. The first kappa shape index (κ1) is 14.4. The maximum atomic E-state index is 12.1. The summed E-state index contributed by atoms with van der Waals surface area (Å²) in [6.07, 6.45) is 4.00. The van der Waals surface area contributed by atoms with Crippen LogP contribution in [-0.2, 0) is 0 Å². The number of carbonyl (C=O) groups excluding carboxylic acids is 1. The Morgan fingerprint density at radius 2 is 2.11 bits per heavy atom. The van der Waals surface area contributed by atoms with Gasteiger partial charge in [-0.25, -0.2) is 0 Å². The largest absolute Gasteiger partial charge is 0.391 e. The fourth-order valence-corrected chi connectivity index (χ4v) is 2.05. The minimum atomic E-state index is -0.741. The van der Waals surface area contributed by atoms with E-state index in [4.69, 9.17) is 18.0 Å². The van der Waals surface area contributed by atoms with Crippen LogP contribution in [0.15, 0.2) is 23.3 Å². The van der Waals surface area contributed by atoms with Crippen LogP contribution in [0.1, 0.15) is 37.0 Å². The van der Waals surface area contributed by atoms with E-state index in [1.165, 1.54) is 18.5 Å². The number of H-pyrrole nitrogens is 1. The van der Waals surface area contributed by atoms with Gasteiger partial charge in [0.05, 0.1) is 10.5 Å². The Morgan fingerprint density at radius 3 is 2.56 bits per heavy atom. The summed E-state index contributed by atoms with van der Waals surface area (Å²) in [7, 11) is 0. The lowest BCUT2D eigenvalue weighted by atomic mass is 9.92. The first-order valence-corrected chi connectivity index (χ1v) is 6.17. The van der Waals surface area contributed by atoms with Crippen LogP contribution in [0, 0.1) is 0 Å². The monoisotopic (exact) mass is 267 g/mol. The van der Waals surface area contributed by atoms with Gasteiger partial charge < -0.3 is 16.0 Å². The summed E-state index contributed by atoms with van der Waals surface area (Å²) in [5.74, 6) is -0.464. The Morgan fingerprint density at radius 1 is 1.50 bits per heavy atom. The molecule has 0 spiro atoms. The minimum absolute atomic E-state index is 0.0556. The van der Waals surface area contributed by atoms with Gasteiger partial charge in [-0.3, -0.25) is 9.59 Å². The molecule has 0 aromatic carbocycles. The average molecular weight is 267 g/mol. The van der Waals surface area contributed by atoms with Crippen molar-refractivity contribution in [3.63, 3.8) is 0 Å². The van der Waals surface area contributed by atoms with Gasteiger partial charge in [0, 0.05) is 18.5 Å². The number of carbonyl (C=O) groups is 1. The van der Waals surface area contributed by atoms with Crippen molar-refractivity contribution in [2.45, 2.75) is 32.2 Å². The first-order valence-electron chi connectivity index (χ1n) is 5.76. The van der Waals surface area contributed by atoms with Crippen LogP contribution >= 0.6 is 12.2 Å². The van der Waals surface area contributed by atoms with Crippen molar-refractivity contribution in [2.24, 2.45) is 5.73 Å². The molecule has 0 saturated carbocycles. The third-order valence-corrected chi connectivity index (χ3v) is 3.49. The topological polar surface area (TPSA) is 88.0 Å². The summed E-state index contributed by atoms with van der Waals surface area (Å²) in [6.45, 7) is 3.77. The van der Waals surface area contributed by atoms with Crippen LogP contribution in [-0.4, -0.2) is 21.4 Å². The van der Waals surface area contributed by atoms with Crippen molar-refractivity contribution in [1.29, 1.82) is 0 Å². The van der Waals surface area contributed by atoms with Crippen LogP contribution in [0.3, 0.4) is 0 Å². The Hall–Kier alpha value is -1.69. The molecule has 5 nitrogen and oxygen atoms in total. The van der Waals surface area contributed by atoms with Gasteiger partial charge in [0.2, 0.25) is 0 Å². The third-order valence-electron chi connectivity index (χ3n) is 3.10.